The molecule has 7 heteroatoms. The largest absolute Gasteiger partial charge is 0.497 e. The molecule has 0 aliphatic carbocycles. The number of fused-ring (bicyclic) bond motifs is 1. The summed E-state index contributed by atoms with van der Waals surface area (Å²) in [6.45, 7) is 2.29. The zero-order valence-corrected chi connectivity index (χ0v) is 19.0. The fraction of sp³-hybridized carbons (Fsp3) is 0.308. The molecule has 1 saturated heterocycles. The highest BCUT2D eigenvalue weighted by atomic mass is 16.5. The number of nitrogens with one attached hydrogen (secondary N) is 2. The third-order valence-electron chi connectivity index (χ3n) is 6.08. The summed E-state index contributed by atoms with van der Waals surface area (Å²) in [6, 6.07) is 19.5. The molecule has 3 aromatic carbocycles. The van der Waals surface area contributed by atoms with Gasteiger partial charge in [0.2, 0.25) is 0 Å². The van der Waals surface area contributed by atoms with Gasteiger partial charge in [-0.25, -0.2) is 0 Å². The monoisotopic (exact) mass is 447 g/mol. The number of amides is 2. The number of carbonyl (C=O) groups is 2. The SMILES string of the molecule is COc1ccc(NC(=O)C(=O)NCC(c2cccc3ccccc23)N2CCCC2)c(OC)c1. The van der Waals surface area contributed by atoms with Gasteiger partial charge in [-0.1, -0.05) is 42.5 Å². The average molecular weight is 448 g/mol. The fourth-order valence-corrected chi connectivity index (χ4v) is 4.38. The van der Waals surface area contributed by atoms with Crippen LogP contribution < -0.4 is 20.1 Å². The summed E-state index contributed by atoms with van der Waals surface area (Å²) in [6.07, 6.45) is 2.26. The number of hydrogen-bond acceptors (Lipinski definition) is 5. The molecule has 2 N–H and O–H groups in total. The normalized spacial score (nSPS) is 14.6. The highest BCUT2D eigenvalue weighted by molar-refractivity contribution is 6.39. The standard InChI is InChI=1S/C26H29N3O4/c1-32-19-12-13-22(24(16-19)33-2)28-26(31)25(30)27-17-23(29-14-5-6-15-29)21-11-7-9-18-8-3-4-10-20(18)21/h3-4,7-13,16,23H,5-6,14-15,17H2,1-2H3,(H,27,30)(H,28,31). The second-order valence-electron chi connectivity index (χ2n) is 8.06. The lowest BCUT2D eigenvalue weighted by molar-refractivity contribution is -0.136. The molecule has 3 aromatic rings. The van der Waals surface area contributed by atoms with E-state index in [1.165, 1.54) is 12.5 Å². The summed E-state index contributed by atoms with van der Waals surface area (Å²) in [5, 5.41) is 7.80. The van der Waals surface area contributed by atoms with E-state index in [0.29, 0.717) is 23.7 Å². The number of nitrogens with zero attached hydrogens (tertiary/aromatic N) is 1. The van der Waals surface area contributed by atoms with E-state index < -0.39 is 11.8 Å². The van der Waals surface area contributed by atoms with Crippen molar-refractivity contribution >= 4 is 28.3 Å². The molecule has 1 unspecified atom stereocenters. The minimum atomic E-state index is -0.739. The van der Waals surface area contributed by atoms with E-state index in [-0.39, 0.29) is 6.04 Å². The second-order valence-corrected chi connectivity index (χ2v) is 8.06. The molecule has 0 saturated carbocycles. The summed E-state index contributed by atoms with van der Waals surface area (Å²) in [7, 11) is 3.04. The zero-order chi connectivity index (χ0) is 23.2. The average Bonchev–Trinajstić information content (AvgIpc) is 3.39. The number of hydrogen-bond donors (Lipinski definition) is 2. The first-order valence-electron chi connectivity index (χ1n) is 11.1. The van der Waals surface area contributed by atoms with E-state index in [4.69, 9.17) is 9.47 Å². The Labute approximate surface area is 193 Å². The van der Waals surface area contributed by atoms with E-state index in [9.17, 15) is 9.59 Å². The van der Waals surface area contributed by atoms with Crippen molar-refractivity contribution in [2.45, 2.75) is 18.9 Å². The Morgan fingerprint density at radius 3 is 2.45 bits per heavy atom. The van der Waals surface area contributed by atoms with Crippen LogP contribution in [-0.4, -0.2) is 50.6 Å². The van der Waals surface area contributed by atoms with Crippen LogP contribution in [0.4, 0.5) is 5.69 Å². The van der Waals surface area contributed by atoms with Gasteiger partial charge < -0.3 is 20.1 Å². The third kappa shape index (κ3) is 5.09. The lowest BCUT2D eigenvalue weighted by Gasteiger charge is -2.29. The molecular weight excluding hydrogens is 418 g/mol. The Hall–Kier alpha value is -3.58. The topological polar surface area (TPSA) is 79.9 Å². The molecule has 0 aromatic heterocycles. The lowest BCUT2D eigenvalue weighted by Crippen LogP contribution is -2.41. The summed E-state index contributed by atoms with van der Waals surface area (Å²) in [4.78, 5) is 27.7. The van der Waals surface area contributed by atoms with Gasteiger partial charge in [0.15, 0.2) is 0 Å². The molecule has 0 spiro atoms. The van der Waals surface area contributed by atoms with Crippen LogP contribution >= 0.6 is 0 Å². The number of benzene rings is 3. The van der Waals surface area contributed by atoms with Gasteiger partial charge in [0.05, 0.1) is 25.9 Å². The van der Waals surface area contributed by atoms with Crippen molar-refractivity contribution in [3.8, 4) is 11.5 Å². The number of ether oxygens (including phenoxy) is 2. The van der Waals surface area contributed by atoms with Gasteiger partial charge in [-0.2, -0.15) is 0 Å². The predicted octanol–water partition coefficient (Wildman–Crippen LogP) is 3.75. The van der Waals surface area contributed by atoms with Crippen molar-refractivity contribution in [2.75, 3.05) is 39.2 Å². The van der Waals surface area contributed by atoms with E-state index >= 15 is 0 Å². The second kappa shape index (κ2) is 10.4. The van der Waals surface area contributed by atoms with Gasteiger partial charge in [0.1, 0.15) is 11.5 Å². The highest BCUT2D eigenvalue weighted by Crippen LogP contribution is 2.31. The van der Waals surface area contributed by atoms with Gasteiger partial charge in [0, 0.05) is 12.6 Å². The Morgan fingerprint density at radius 2 is 1.70 bits per heavy atom. The number of methoxy groups -OCH3 is 2. The summed E-state index contributed by atoms with van der Waals surface area (Å²) in [5.41, 5.74) is 1.57. The molecule has 1 atom stereocenters. The van der Waals surface area contributed by atoms with Crippen molar-refractivity contribution in [1.29, 1.82) is 0 Å². The quantitative estimate of drug-likeness (QED) is 0.540. The predicted molar refractivity (Wildman–Crippen MR) is 129 cm³/mol. The van der Waals surface area contributed by atoms with Crippen LogP contribution in [0.15, 0.2) is 60.7 Å². The van der Waals surface area contributed by atoms with Gasteiger partial charge >= 0.3 is 11.8 Å². The van der Waals surface area contributed by atoms with E-state index in [2.05, 4.69) is 39.8 Å². The minimum absolute atomic E-state index is 0.00845. The molecule has 172 valence electrons. The van der Waals surface area contributed by atoms with Crippen LogP contribution in [0.2, 0.25) is 0 Å². The first-order chi connectivity index (χ1) is 16.1. The van der Waals surface area contributed by atoms with Gasteiger partial charge in [-0.05, 0) is 54.4 Å². The number of anilines is 1. The van der Waals surface area contributed by atoms with E-state index in [1.807, 2.05) is 18.2 Å². The van der Waals surface area contributed by atoms with Gasteiger partial charge in [-0.15, -0.1) is 0 Å². The van der Waals surface area contributed by atoms with Crippen molar-refractivity contribution in [1.82, 2.24) is 10.2 Å². The minimum Gasteiger partial charge on any atom is -0.497 e. The van der Waals surface area contributed by atoms with Crippen LogP contribution in [0.5, 0.6) is 11.5 Å². The Kier molecular flexibility index (Phi) is 7.10. The van der Waals surface area contributed by atoms with Crippen molar-refractivity contribution in [2.24, 2.45) is 0 Å². The van der Waals surface area contributed by atoms with E-state index in [1.54, 1.807) is 25.3 Å². The van der Waals surface area contributed by atoms with Crippen LogP contribution in [0.1, 0.15) is 24.4 Å². The number of rotatable bonds is 7. The van der Waals surface area contributed by atoms with Crippen molar-refractivity contribution in [3.63, 3.8) is 0 Å². The molecule has 0 radical (unpaired) electrons. The smallest absolute Gasteiger partial charge is 0.313 e. The maximum atomic E-state index is 12.7. The molecule has 1 aliphatic rings. The number of carbonyl (C=O) groups excluding carboxylic acids is 2. The fourth-order valence-electron chi connectivity index (χ4n) is 4.38. The molecule has 1 fully saturated rings. The number of likely N-dealkylation sites (tertiary alicyclic amines) is 1. The first kappa shape index (κ1) is 22.6. The summed E-state index contributed by atoms with van der Waals surface area (Å²) >= 11 is 0. The molecule has 0 bridgehead atoms. The molecular formula is C26H29N3O4. The summed E-state index contributed by atoms with van der Waals surface area (Å²) in [5.74, 6) is -0.409. The maximum Gasteiger partial charge on any atom is 0.313 e. The Morgan fingerprint density at radius 1 is 0.939 bits per heavy atom. The van der Waals surface area contributed by atoms with Crippen molar-refractivity contribution in [3.05, 3.63) is 66.2 Å². The Balaban J connectivity index is 1.49. The lowest BCUT2D eigenvalue weighted by atomic mass is 9.97. The molecule has 1 heterocycles. The van der Waals surface area contributed by atoms with Crippen LogP contribution in [0.25, 0.3) is 10.8 Å². The molecule has 1 aliphatic heterocycles. The van der Waals surface area contributed by atoms with Crippen LogP contribution in [0.3, 0.4) is 0 Å². The van der Waals surface area contributed by atoms with Crippen LogP contribution in [0, 0.1) is 0 Å². The van der Waals surface area contributed by atoms with Gasteiger partial charge in [0.25, 0.3) is 0 Å². The third-order valence-corrected chi connectivity index (χ3v) is 6.08. The molecule has 2 amide bonds. The van der Waals surface area contributed by atoms with Gasteiger partial charge in [-0.3, -0.25) is 14.5 Å². The molecule has 4 rings (SSSR count). The molecule has 33 heavy (non-hydrogen) atoms. The van der Waals surface area contributed by atoms with Crippen molar-refractivity contribution < 1.29 is 19.1 Å². The van der Waals surface area contributed by atoms with Crippen LogP contribution in [-0.2, 0) is 9.59 Å². The summed E-state index contributed by atoms with van der Waals surface area (Å²) < 4.78 is 10.5. The highest BCUT2D eigenvalue weighted by Gasteiger charge is 2.26. The van der Waals surface area contributed by atoms with E-state index in [0.717, 1.165) is 36.9 Å². The zero-order valence-electron chi connectivity index (χ0n) is 19.0. The Bertz CT molecular complexity index is 1140. The maximum absolute atomic E-state index is 12.7. The first-order valence-corrected chi connectivity index (χ1v) is 11.1. The molecule has 7 nitrogen and oxygen atoms in total.